The normalized spacial score (nSPS) is 15.0. The summed E-state index contributed by atoms with van der Waals surface area (Å²) in [4.78, 5) is 16.7. The van der Waals surface area contributed by atoms with Gasteiger partial charge in [-0.15, -0.1) is 11.3 Å². The summed E-state index contributed by atoms with van der Waals surface area (Å²) in [6.45, 7) is 3.23. The molecule has 29 heavy (non-hydrogen) atoms. The van der Waals surface area contributed by atoms with E-state index in [2.05, 4.69) is 10.3 Å². The summed E-state index contributed by atoms with van der Waals surface area (Å²) in [7, 11) is 0. The highest BCUT2D eigenvalue weighted by atomic mass is 32.1. The second kappa shape index (κ2) is 8.96. The Morgan fingerprint density at radius 3 is 2.83 bits per heavy atom. The van der Waals surface area contributed by atoms with Gasteiger partial charge in [-0.25, -0.2) is 4.98 Å². The number of aromatic nitrogens is 1. The first-order valence-corrected chi connectivity index (χ1v) is 10.3. The van der Waals surface area contributed by atoms with Crippen molar-refractivity contribution in [1.82, 2.24) is 10.3 Å². The van der Waals surface area contributed by atoms with Crippen LogP contribution >= 0.6 is 11.3 Å². The third-order valence-corrected chi connectivity index (χ3v) is 5.29. The van der Waals surface area contributed by atoms with Crippen LogP contribution in [0.15, 0.2) is 53.9 Å². The predicted molar refractivity (Wildman–Crippen MR) is 111 cm³/mol. The molecule has 0 radical (unpaired) electrons. The molecule has 7 heteroatoms. The summed E-state index contributed by atoms with van der Waals surface area (Å²) in [6.07, 6.45) is 0.0216. The number of amides is 1. The number of aryl methyl sites for hydroxylation is 1. The van der Waals surface area contributed by atoms with E-state index < -0.39 is 0 Å². The summed E-state index contributed by atoms with van der Waals surface area (Å²) >= 11 is 1.49. The highest BCUT2D eigenvalue weighted by Gasteiger charge is 2.21. The molecule has 2 aromatic carbocycles. The molecule has 1 aromatic heterocycles. The molecule has 4 rings (SSSR count). The molecule has 1 aliphatic heterocycles. The van der Waals surface area contributed by atoms with Gasteiger partial charge in [-0.05, 0) is 31.2 Å². The fourth-order valence-corrected chi connectivity index (χ4v) is 3.60. The smallest absolute Gasteiger partial charge is 0.226 e. The molecule has 150 valence electrons. The number of benzene rings is 2. The van der Waals surface area contributed by atoms with Gasteiger partial charge in [0.1, 0.15) is 30.1 Å². The number of nitrogens with one attached hydrogen (secondary N) is 1. The number of rotatable bonds is 7. The second-order valence-electron chi connectivity index (χ2n) is 6.81. The summed E-state index contributed by atoms with van der Waals surface area (Å²) in [5.74, 6) is 2.15. The molecule has 0 aliphatic carbocycles. The van der Waals surface area contributed by atoms with Crippen molar-refractivity contribution in [2.24, 2.45) is 0 Å². The lowest BCUT2D eigenvalue weighted by Crippen LogP contribution is -2.41. The Bertz CT molecular complexity index is 971. The first kappa shape index (κ1) is 19.3. The molecule has 0 saturated heterocycles. The lowest BCUT2D eigenvalue weighted by Gasteiger charge is -2.26. The van der Waals surface area contributed by atoms with Crippen LogP contribution in [0, 0.1) is 6.92 Å². The number of hydrogen-bond acceptors (Lipinski definition) is 6. The number of hydrogen-bond donors (Lipinski definition) is 1. The first-order valence-electron chi connectivity index (χ1n) is 9.43. The SMILES string of the molecule is Cc1ccc(OCc2nc(CC(=O)NCC3COc4ccccc4O3)cs2)cc1. The van der Waals surface area contributed by atoms with Crippen LogP contribution in [0.5, 0.6) is 17.2 Å². The number of para-hydroxylation sites is 2. The zero-order valence-electron chi connectivity index (χ0n) is 16.1. The average Bonchev–Trinajstić information content (AvgIpc) is 3.19. The molecule has 3 aromatic rings. The summed E-state index contributed by atoms with van der Waals surface area (Å²) < 4.78 is 17.2. The number of carbonyl (C=O) groups is 1. The van der Waals surface area contributed by atoms with Gasteiger partial charge in [-0.1, -0.05) is 29.8 Å². The predicted octanol–water partition coefficient (Wildman–Crippen LogP) is 3.53. The van der Waals surface area contributed by atoms with Gasteiger partial charge >= 0.3 is 0 Å². The van der Waals surface area contributed by atoms with E-state index in [0.717, 1.165) is 22.2 Å². The van der Waals surface area contributed by atoms with Crippen LogP contribution in [0.1, 0.15) is 16.3 Å². The van der Waals surface area contributed by atoms with Crippen molar-refractivity contribution in [1.29, 1.82) is 0 Å². The molecule has 0 spiro atoms. The minimum Gasteiger partial charge on any atom is -0.486 e. The molecule has 1 unspecified atom stereocenters. The third-order valence-electron chi connectivity index (χ3n) is 4.42. The summed E-state index contributed by atoms with van der Waals surface area (Å²) in [5, 5.41) is 5.63. The van der Waals surface area contributed by atoms with Crippen molar-refractivity contribution < 1.29 is 19.0 Å². The van der Waals surface area contributed by atoms with Crippen molar-refractivity contribution in [2.75, 3.05) is 13.2 Å². The van der Waals surface area contributed by atoms with Gasteiger partial charge in [0.05, 0.1) is 18.7 Å². The number of nitrogens with zero attached hydrogens (tertiary/aromatic N) is 1. The van der Waals surface area contributed by atoms with Gasteiger partial charge in [0.15, 0.2) is 11.5 Å². The lowest BCUT2D eigenvalue weighted by molar-refractivity contribution is -0.121. The van der Waals surface area contributed by atoms with Crippen molar-refractivity contribution >= 4 is 17.2 Å². The molecule has 1 N–H and O–H groups in total. The Kier molecular flexibility index (Phi) is 5.95. The molecule has 0 bridgehead atoms. The van der Waals surface area contributed by atoms with Crippen molar-refractivity contribution in [3.8, 4) is 17.2 Å². The van der Waals surface area contributed by atoms with Gasteiger partial charge in [0.2, 0.25) is 5.91 Å². The molecular weight excluding hydrogens is 388 g/mol. The monoisotopic (exact) mass is 410 g/mol. The molecule has 1 amide bonds. The summed E-state index contributed by atoms with van der Waals surface area (Å²) in [6, 6.07) is 15.4. The van der Waals surface area contributed by atoms with E-state index in [1.54, 1.807) is 0 Å². The van der Waals surface area contributed by atoms with Gasteiger partial charge in [-0.2, -0.15) is 0 Å². The summed E-state index contributed by atoms with van der Waals surface area (Å²) in [5.41, 5.74) is 1.93. The molecule has 2 heterocycles. The quantitative estimate of drug-likeness (QED) is 0.645. The highest BCUT2D eigenvalue weighted by Crippen LogP contribution is 2.30. The van der Waals surface area contributed by atoms with Crippen LogP contribution in [-0.2, 0) is 17.8 Å². The van der Waals surface area contributed by atoms with Gasteiger partial charge in [0.25, 0.3) is 0 Å². The first-order chi connectivity index (χ1) is 14.2. The molecule has 0 saturated carbocycles. The van der Waals surface area contributed by atoms with Crippen molar-refractivity contribution in [3.05, 3.63) is 70.2 Å². The topological polar surface area (TPSA) is 69.7 Å². The van der Waals surface area contributed by atoms with Crippen LogP contribution in [0.25, 0.3) is 0 Å². The van der Waals surface area contributed by atoms with E-state index in [1.165, 1.54) is 16.9 Å². The van der Waals surface area contributed by atoms with E-state index in [4.69, 9.17) is 14.2 Å². The standard InChI is InChI=1S/C22H22N2O4S/c1-15-6-8-17(9-7-15)26-13-22-24-16(14-29-22)10-21(25)23-11-18-12-27-19-4-2-3-5-20(19)28-18/h2-9,14,18H,10-13H2,1H3,(H,23,25). The lowest BCUT2D eigenvalue weighted by atomic mass is 10.2. The van der Waals surface area contributed by atoms with Crippen LogP contribution in [0.3, 0.4) is 0 Å². The zero-order valence-corrected chi connectivity index (χ0v) is 16.9. The molecule has 1 atom stereocenters. The van der Waals surface area contributed by atoms with E-state index in [1.807, 2.05) is 60.8 Å². The Balaban J connectivity index is 1.22. The Morgan fingerprint density at radius 1 is 1.21 bits per heavy atom. The average molecular weight is 410 g/mol. The van der Waals surface area contributed by atoms with Crippen LogP contribution in [-0.4, -0.2) is 30.1 Å². The van der Waals surface area contributed by atoms with E-state index in [0.29, 0.717) is 25.5 Å². The van der Waals surface area contributed by atoms with E-state index in [-0.39, 0.29) is 18.4 Å². The maximum absolute atomic E-state index is 12.2. The fraction of sp³-hybridized carbons (Fsp3) is 0.273. The zero-order chi connectivity index (χ0) is 20.1. The van der Waals surface area contributed by atoms with Crippen LogP contribution in [0.4, 0.5) is 0 Å². The van der Waals surface area contributed by atoms with Gasteiger partial charge in [-0.3, -0.25) is 4.79 Å². The van der Waals surface area contributed by atoms with Crippen molar-refractivity contribution in [3.63, 3.8) is 0 Å². The van der Waals surface area contributed by atoms with Gasteiger partial charge < -0.3 is 19.5 Å². The minimum absolute atomic E-state index is 0.0937. The Hall–Kier alpha value is -3.06. The van der Waals surface area contributed by atoms with E-state index >= 15 is 0 Å². The third kappa shape index (κ3) is 5.26. The number of fused-ring (bicyclic) bond motifs is 1. The highest BCUT2D eigenvalue weighted by molar-refractivity contribution is 7.09. The largest absolute Gasteiger partial charge is 0.486 e. The minimum atomic E-state index is -0.206. The second-order valence-corrected chi connectivity index (χ2v) is 7.76. The van der Waals surface area contributed by atoms with E-state index in [9.17, 15) is 4.79 Å². The van der Waals surface area contributed by atoms with Gasteiger partial charge in [0, 0.05) is 5.38 Å². The number of thiazole rings is 1. The maximum atomic E-state index is 12.2. The fourth-order valence-electron chi connectivity index (χ4n) is 2.89. The van der Waals surface area contributed by atoms with Crippen molar-refractivity contribution in [2.45, 2.75) is 26.1 Å². The Labute approximate surface area is 173 Å². The molecule has 6 nitrogen and oxygen atoms in total. The Morgan fingerprint density at radius 2 is 2.00 bits per heavy atom. The molecule has 1 aliphatic rings. The molecule has 0 fully saturated rings. The number of ether oxygens (including phenoxy) is 3. The van der Waals surface area contributed by atoms with Crippen LogP contribution in [0.2, 0.25) is 0 Å². The maximum Gasteiger partial charge on any atom is 0.226 e. The van der Waals surface area contributed by atoms with Crippen LogP contribution < -0.4 is 19.5 Å². The molecular formula is C22H22N2O4S. The number of carbonyl (C=O) groups excluding carboxylic acids is 1.